The molecule has 0 fully saturated rings. The second-order valence-corrected chi connectivity index (χ2v) is 6.95. The number of fused-ring (bicyclic) bond motifs is 3. The molecular formula is C17H12N2OS2. The van der Waals surface area contributed by atoms with E-state index in [9.17, 15) is 4.79 Å². The van der Waals surface area contributed by atoms with Crippen molar-refractivity contribution in [3.05, 3.63) is 65.2 Å². The van der Waals surface area contributed by atoms with Gasteiger partial charge in [0.1, 0.15) is 16.0 Å². The van der Waals surface area contributed by atoms with Crippen LogP contribution in [0.4, 0.5) is 0 Å². The molecule has 108 valence electrons. The zero-order chi connectivity index (χ0) is 15.1. The van der Waals surface area contributed by atoms with Crippen molar-refractivity contribution < 1.29 is 4.79 Å². The third-order valence-corrected chi connectivity index (χ3v) is 5.84. The summed E-state index contributed by atoms with van der Waals surface area (Å²) in [5, 5.41) is 0. The van der Waals surface area contributed by atoms with Gasteiger partial charge in [0.15, 0.2) is 0 Å². The van der Waals surface area contributed by atoms with Gasteiger partial charge in [-0.15, -0.1) is 23.1 Å². The summed E-state index contributed by atoms with van der Waals surface area (Å²) >= 11 is 3.18. The smallest absolute Gasteiger partial charge is 0.205 e. The van der Waals surface area contributed by atoms with Gasteiger partial charge in [-0.25, -0.2) is 4.98 Å². The topological polar surface area (TPSA) is 34.4 Å². The van der Waals surface area contributed by atoms with Gasteiger partial charge in [-0.1, -0.05) is 36.4 Å². The molecule has 0 N–H and O–H groups in total. The lowest BCUT2D eigenvalue weighted by atomic mass is 10.1. The molecular weight excluding hydrogens is 312 g/mol. The third kappa shape index (κ3) is 1.97. The summed E-state index contributed by atoms with van der Waals surface area (Å²) < 4.78 is 3.17. The first kappa shape index (κ1) is 13.5. The van der Waals surface area contributed by atoms with Crippen molar-refractivity contribution in [3.8, 4) is 0 Å². The maximum absolute atomic E-state index is 12.8. The highest BCUT2D eigenvalue weighted by atomic mass is 32.2. The summed E-state index contributed by atoms with van der Waals surface area (Å²) in [6.07, 6.45) is 4.03. The van der Waals surface area contributed by atoms with Crippen LogP contribution in [-0.4, -0.2) is 21.4 Å². The van der Waals surface area contributed by atoms with Crippen LogP contribution >= 0.6 is 23.1 Å². The monoisotopic (exact) mass is 324 g/mol. The summed E-state index contributed by atoms with van der Waals surface area (Å²) in [6, 6.07) is 15.3. The Kier molecular flexibility index (Phi) is 3.24. The lowest BCUT2D eigenvalue weighted by Crippen LogP contribution is -1.98. The van der Waals surface area contributed by atoms with Gasteiger partial charge < -0.3 is 0 Å². The highest BCUT2D eigenvalue weighted by Gasteiger charge is 2.22. The molecule has 4 aromatic rings. The predicted molar refractivity (Wildman–Crippen MR) is 92.2 cm³/mol. The van der Waals surface area contributed by atoms with Crippen molar-refractivity contribution in [2.75, 3.05) is 6.26 Å². The molecule has 0 atom stereocenters. The minimum Gasteiger partial charge on any atom is -0.298 e. The first-order chi connectivity index (χ1) is 10.8. The Bertz CT molecular complexity index is 986. The molecule has 0 unspecified atom stereocenters. The molecule has 0 aliphatic rings. The minimum atomic E-state index is 0.0410. The van der Waals surface area contributed by atoms with Crippen LogP contribution in [0.15, 0.2) is 58.9 Å². The Labute approximate surface area is 135 Å². The zero-order valence-corrected chi connectivity index (χ0v) is 13.4. The normalized spacial score (nSPS) is 11.3. The largest absolute Gasteiger partial charge is 0.298 e. The summed E-state index contributed by atoms with van der Waals surface area (Å²) in [6.45, 7) is 0. The Morgan fingerprint density at radius 1 is 1.14 bits per heavy atom. The molecule has 3 heterocycles. The van der Waals surface area contributed by atoms with Crippen LogP contribution in [0.5, 0.6) is 0 Å². The highest BCUT2D eigenvalue weighted by Crippen LogP contribution is 2.38. The van der Waals surface area contributed by atoms with Crippen LogP contribution in [0.2, 0.25) is 0 Å². The van der Waals surface area contributed by atoms with E-state index < -0.39 is 0 Å². The molecule has 0 bridgehead atoms. The van der Waals surface area contributed by atoms with Crippen molar-refractivity contribution in [1.82, 2.24) is 9.38 Å². The molecule has 3 aromatic heterocycles. The van der Waals surface area contributed by atoms with E-state index in [1.807, 2.05) is 61.0 Å². The number of thioether (sulfide) groups is 1. The Balaban J connectivity index is 2.01. The van der Waals surface area contributed by atoms with Gasteiger partial charge in [-0.3, -0.25) is 9.20 Å². The molecule has 0 spiro atoms. The number of thiophene rings is 1. The van der Waals surface area contributed by atoms with E-state index in [-0.39, 0.29) is 5.78 Å². The van der Waals surface area contributed by atoms with E-state index in [1.54, 1.807) is 11.8 Å². The van der Waals surface area contributed by atoms with Crippen molar-refractivity contribution in [2.24, 2.45) is 0 Å². The van der Waals surface area contributed by atoms with Crippen LogP contribution in [0.3, 0.4) is 0 Å². The molecule has 1 aromatic carbocycles. The maximum atomic E-state index is 12.8. The van der Waals surface area contributed by atoms with E-state index in [0.29, 0.717) is 10.4 Å². The van der Waals surface area contributed by atoms with Crippen molar-refractivity contribution in [2.45, 2.75) is 4.21 Å². The van der Waals surface area contributed by atoms with Gasteiger partial charge in [0.25, 0.3) is 0 Å². The predicted octanol–water partition coefficient (Wildman–Crippen LogP) is 4.50. The molecule has 0 saturated carbocycles. The molecule has 0 saturated heterocycles. The number of hydrogen-bond acceptors (Lipinski definition) is 4. The second kappa shape index (κ2) is 5.26. The number of carbonyl (C=O) groups excluding carboxylic acids is 1. The summed E-state index contributed by atoms with van der Waals surface area (Å²) in [5.74, 6) is 0.0410. The van der Waals surface area contributed by atoms with Gasteiger partial charge in [0.05, 0.1) is 9.73 Å². The summed E-state index contributed by atoms with van der Waals surface area (Å²) in [5.41, 5.74) is 3.41. The molecule has 22 heavy (non-hydrogen) atoms. The number of benzene rings is 1. The van der Waals surface area contributed by atoms with Crippen LogP contribution in [0.1, 0.15) is 15.2 Å². The van der Waals surface area contributed by atoms with Crippen LogP contribution in [0.25, 0.3) is 16.7 Å². The van der Waals surface area contributed by atoms with E-state index in [2.05, 4.69) is 9.38 Å². The number of rotatable bonds is 3. The number of hydrogen-bond donors (Lipinski definition) is 0. The lowest BCUT2D eigenvalue weighted by Gasteiger charge is -1.97. The molecule has 0 aliphatic carbocycles. The first-order valence-electron chi connectivity index (χ1n) is 6.83. The maximum Gasteiger partial charge on any atom is 0.205 e. The quantitative estimate of drug-likeness (QED) is 0.411. The summed E-state index contributed by atoms with van der Waals surface area (Å²) in [4.78, 5) is 18.2. The van der Waals surface area contributed by atoms with Gasteiger partial charge >= 0.3 is 0 Å². The van der Waals surface area contributed by atoms with Crippen molar-refractivity contribution in [3.63, 3.8) is 0 Å². The fourth-order valence-electron chi connectivity index (χ4n) is 2.55. The first-order valence-corrected chi connectivity index (χ1v) is 8.87. The number of pyridine rings is 1. The molecule has 3 nitrogen and oxygen atoms in total. The highest BCUT2D eigenvalue weighted by molar-refractivity contribution is 8.00. The number of ketones is 1. The van der Waals surface area contributed by atoms with Gasteiger partial charge in [0, 0.05) is 11.8 Å². The van der Waals surface area contributed by atoms with Crippen molar-refractivity contribution >= 4 is 45.6 Å². The molecule has 0 amide bonds. The Morgan fingerprint density at radius 3 is 2.68 bits per heavy atom. The Hall–Kier alpha value is -2.11. The van der Waals surface area contributed by atoms with Crippen LogP contribution < -0.4 is 0 Å². The second-order valence-electron chi connectivity index (χ2n) is 4.86. The van der Waals surface area contributed by atoms with Crippen molar-refractivity contribution in [1.29, 1.82) is 0 Å². The minimum absolute atomic E-state index is 0.0410. The standard InChI is InChI=1S/C17H12N2OS2/c1-21-17-14-13(18-12-9-5-6-10-19(12)14)16(22-17)15(20)11-7-3-2-4-8-11/h2-10H,1H3. The zero-order valence-electron chi connectivity index (χ0n) is 11.8. The van der Waals surface area contributed by atoms with E-state index >= 15 is 0 Å². The van der Waals surface area contributed by atoms with Gasteiger partial charge in [-0.05, 0) is 18.4 Å². The van der Waals surface area contributed by atoms with E-state index in [0.717, 1.165) is 20.9 Å². The Morgan fingerprint density at radius 2 is 1.91 bits per heavy atom. The SMILES string of the molecule is CSc1sc(C(=O)c2ccccc2)c2nc3ccccn3c12. The average molecular weight is 324 g/mol. The fourth-order valence-corrected chi connectivity index (χ4v) is 4.45. The fraction of sp³-hybridized carbons (Fsp3) is 0.0588. The number of nitrogens with zero attached hydrogens (tertiary/aromatic N) is 2. The number of aromatic nitrogens is 2. The molecule has 0 aliphatic heterocycles. The van der Waals surface area contributed by atoms with Gasteiger partial charge in [-0.2, -0.15) is 0 Å². The number of carbonyl (C=O) groups is 1. The van der Waals surface area contributed by atoms with Crippen LogP contribution in [0, 0.1) is 0 Å². The lowest BCUT2D eigenvalue weighted by molar-refractivity contribution is 0.104. The number of imidazole rings is 1. The van der Waals surface area contributed by atoms with E-state index in [1.165, 1.54) is 11.3 Å². The molecule has 0 radical (unpaired) electrons. The molecule has 5 heteroatoms. The average Bonchev–Trinajstić information content (AvgIpc) is 3.12. The van der Waals surface area contributed by atoms with E-state index in [4.69, 9.17) is 0 Å². The van der Waals surface area contributed by atoms with Crippen LogP contribution in [-0.2, 0) is 0 Å². The summed E-state index contributed by atoms with van der Waals surface area (Å²) in [7, 11) is 0. The third-order valence-electron chi connectivity index (χ3n) is 3.56. The molecule has 4 rings (SSSR count). The van der Waals surface area contributed by atoms with Gasteiger partial charge in [0.2, 0.25) is 5.78 Å².